The zero-order chi connectivity index (χ0) is 13.0. The van der Waals surface area contributed by atoms with Crippen molar-refractivity contribution < 1.29 is 0 Å². The second-order valence-electron chi connectivity index (χ2n) is 3.81. The van der Waals surface area contributed by atoms with Crippen LogP contribution in [0.4, 0.5) is 11.6 Å². The minimum absolute atomic E-state index is 0.551. The van der Waals surface area contributed by atoms with Crippen LogP contribution in [0.15, 0.2) is 18.3 Å². The Bertz CT molecular complexity index is 526. The van der Waals surface area contributed by atoms with E-state index in [1.807, 2.05) is 26.0 Å². The van der Waals surface area contributed by atoms with Gasteiger partial charge in [-0.1, -0.05) is 0 Å². The predicted octanol–water partition coefficient (Wildman–Crippen LogP) is 0.781. The van der Waals surface area contributed by atoms with Crippen LogP contribution in [0.1, 0.15) is 17.1 Å². The Morgan fingerprint density at radius 3 is 2.67 bits per heavy atom. The Labute approximate surface area is 105 Å². The van der Waals surface area contributed by atoms with Crippen molar-refractivity contribution in [2.75, 3.05) is 10.7 Å². The summed E-state index contributed by atoms with van der Waals surface area (Å²) in [6.07, 6.45) is 1.64. The molecule has 7 heteroatoms. The number of rotatable bonds is 4. The van der Waals surface area contributed by atoms with Gasteiger partial charge >= 0.3 is 0 Å². The highest BCUT2D eigenvalue weighted by atomic mass is 15.3. The third kappa shape index (κ3) is 2.69. The van der Waals surface area contributed by atoms with Crippen LogP contribution in [0.5, 0.6) is 0 Å². The van der Waals surface area contributed by atoms with Crippen LogP contribution in [0, 0.1) is 13.8 Å². The molecule has 0 fully saturated rings. The Kier molecular flexibility index (Phi) is 3.63. The highest BCUT2D eigenvalue weighted by Gasteiger charge is 2.08. The van der Waals surface area contributed by atoms with Crippen LogP contribution in [0.2, 0.25) is 0 Å². The lowest BCUT2D eigenvalue weighted by Crippen LogP contribution is -2.14. The molecule has 0 aliphatic carbocycles. The van der Waals surface area contributed by atoms with Crippen molar-refractivity contribution in [1.29, 1.82) is 0 Å². The summed E-state index contributed by atoms with van der Waals surface area (Å²) in [6.45, 7) is 4.26. The van der Waals surface area contributed by atoms with Gasteiger partial charge in [0.15, 0.2) is 0 Å². The molecule has 2 aromatic heterocycles. The van der Waals surface area contributed by atoms with E-state index < -0.39 is 0 Å². The summed E-state index contributed by atoms with van der Waals surface area (Å²) in [5.74, 6) is 7.41. The summed E-state index contributed by atoms with van der Waals surface area (Å²) >= 11 is 0. The zero-order valence-corrected chi connectivity index (χ0v) is 10.3. The van der Waals surface area contributed by atoms with Crippen LogP contribution in [0.3, 0.4) is 0 Å². The molecule has 4 N–H and O–H groups in total. The molecule has 0 unspecified atom stereocenters. The summed E-state index contributed by atoms with van der Waals surface area (Å²) in [5.41, 5.74) is 4.27. The molecule has 0 aromatic carbocycles. The highest BCUT2D eigenvalue weighted by Crippen LogP contribution is 2.19. The molecule has 0 bridgehead atoms. The maximum atomic E-state index is 5.41. The van der Waals surface area contributed by atoms with Gasteiger partial charge in [0.25, 0.3) is 0 Å². The third-order valence-electron chi connectivity index (χ3n) is 2.46. The summed E-state index contributed by atoms with van der Waals surface area (Å²) in [7, 11) is 0. The van der Waals surface area contributed by atoms with E-state index in [4.69, 9.17) is 5.84 Å². The number of nitrogen functional groups attached to an aromatic ring is 1. The van der Waals surface area contributed by atoms with Crippen molar-refractivity contribution in [3.8, 4) is 0 Å². The molecule has 0 saturated carbocycles. The Morgan fingerprint density at radius 2 is 2.00 bits per heavy atom. The fraction of sp³-hybridized carbons (Fsp3) is 0.273. The fourth-order valence-corrected chi connectivity index (χ4v) is 1.54. The molecule has 18 heavy (non-hydrogen) atoms. The van der Waals surface area contributed by atoms with E-state index in [1.165, 1.54) is 0 Å². The molecule has 7 nitrogen and oxygen atoms in total. The van der Waals surface area contributed by atoms with Crippen LogP contribution >= 0.6 is 0 Å². The average Bonchev–Trinajstić information content (AvgIpc) is 2.40. The van der Waals surface area contributed by atoms with Gasteiger partial charge in [0.05, 0.1) is 12.2 Å². The first-order valence-electron chi connectivity index (χ1n) is 5.53. The number of hydrazine groups is 1. The first kappa shape index (κ1) is 12.2. The maximum Gasteiger partial charge on any atom is 0.148 e. The second kappa shape index (κ2) is 5.37. The SMILES string of the molecule is Cc1nc(NN)c(C)c(NCc2cccnn2)n1. The lowest BCUT2D eigenvalue weighted by atomic mass is 10.3. The number of aryl methyl sites for hydroxylation is 1. The van der Waals surface area contributed by atoms with Crippen LogP contribution < -0.4 is 16.6 Å². The molecule has 0 spiro atoms. The summed E-state index contributed by atoms with van der Waals surface area (Å²) in [4.78, 5) is 8.52. The van der Waals surface area contributed by atoms with Crippen molar-refractivity contribution in [2.24, 2.45) is 5.84 Å². The quantitative estimate of drug-likeness (QED) is 0.540. The highest BCUT2D eigenvalue weighted by molar-refractivity contribution is 5.56. The second-order valence-corrected chi connectivity index (χ2v) is 3.81. The number of hydrogen-bond acceptors (Lipinski definition) is 7. The van der Waals surface area contributed by atoms with Gasteiger partial charge in [0.1, 0.15) is 17.5 Å². The maximum absolute atomic E-state index is 5.41. The first-order valence-corrected chi connectivity index (χ1v) is 5.53. The van der Waals surface area contributed by atoms with E-state index in [0.29, 0.717) is 18.2 Å². The molecule has 0 radical (unpaired) electrons. The smallest absolute Gasteiger partial charge is 0.148 e. The molecular weight excluding hydrogens is 230 g/mol. The van der Waals surface area contributed by atoms with Crippen molar-refractivity contribution >= 4 is 11.6 Å². The fourth-order valence-electron chi connectivity index (χ4n) is 1.54. The largest absolute Gasteiger partial charge is 0.364 e. The van der Waals surface area contributed by atoms with Gasteiger partial charge in [-0.15, -0.1) is 0 Å². The van der Waals surface area contributed by atoms with Gasteiger partial charge in [0.2, 0.25) is 0 Å². The van der Waals surface area contributed by atoms with Gasteiger partial charge in [-0.25, -0.2) is 15.8 Å². The Morgan fingerprint density at radius 1 is 1.22 bits per heavy atom. The van der Waals surface area contributed by atoms with Gasteiger partial charge in [0, 0.05) is 11.8 Å². The van der Waals surface area contributed by atoms with E-state index >= 15 is 0 Å². The predicted molar refractivity (Wildman–Crippen MR) is 68.7 cm³/mol. The van der Waals surface area contributed by atoms with Crippen molar-refractivity contribution in [1.82, 2.24) is 20.2 Å². The van der Waals surface area contributed by atoms with Gasteiger partial charge in [-0.3, -0.25) is 0 Å². The van der Waals surface area contributed by atoms with Gasteiger partial charge in [-0.2, -0.15) is 10.2 Å². The summed E-state index contributed by atoms with van der Waals surface area (Å²) in [5, 5.41) is 11.0. The van der Waals surface area contributed by atoms with E-state index in [-0.39, 0.29) is 0 Å². The monoisotopic (exact) mass is 245 g/mol. The van der Waals surface area contributed by atoms with Crippen LogP contribution in [0.25, 0.3) is 0 Å². The number of anilines is 2. The molecule has 2 rings (SSSR count). The molecule has 94 valence electrons. The number of nitrogens with one attached hydrogen (secondary N) is 2. The van der Waals surface area contributed by atoms with Gasteiger partial charge < -0.3 is 10.7 Å². The summed E-state index contributed by atoms with van der Waals surface area (Å²) < 4.78 is 0. The minimum atomic E-state index is 0.551. The standard InChI is InChI=1S/C11H15N7/c1-7-10(15-8(2)16-11(7)17-12)13-6-9-4-3-5-14-18-9/h3-5H,6,12H2,1-2H3,(H2,13,15,16,17). The lowest BCUT2D eigenvalue weighted by Gasteiger charge is -2.11. The number of hydrogen-bond donors (Lipinski definition) is 3. The average molecular weight is 245 g/mol. The number of nitrogens with zero attached hydrogens (tertiary/aromatic N) is 4. The third-order valence-corrected chi connectivity index (χ3v) is 2.46. The molecule has 0 atom stereocenters. The molecule has 0 saturated heterocycles. The number of nitrogens with two attached hydrogens (primary N) is 1. The van der Waals surface area contributed by atoms with Crippen LogP contribution in [-0.4, -0.2) is 20.2 Å². The van der Waals surface area contributed by atoms with Crippen molar-refractivity contribution in [3.63, 3.8) is 0 Å². The van der Waals surface area contributed by atoms with Gasteiger partial charge in [-0.05, 0) is 26.0 Å². The van der Waals surface area contributed by atoms with E-state index in [1.54, 1.807) is 6.20 Å². The van der Waals surface area contributed by atoms with Crippen LogP contribution in [-0.2, 0) is 6.54 Å². The summed E-state index contributed by atoms with van der Waals surface area (Å²) in [6, 6.07) is 3.74. The van der Waals surface area contributed by atoms with E-state index in [9.17, 15) is 0 Å². The molecular formula is C11H15N7. The Hall–Kier alpha value is -2.28. The van der Waals surface area contributed by atoms with E-state index in [2.05, 4.69) is 30.9 Å². The first-order chi connectivity index (χ1) is 8.70. The molecule has 0 aliphatic heterocycles. The zero-order valence-electron chi connectivity index (χ0n) is 10.3. The number of aromatic nitrogens is 4. The van der Waals surface area contributed by atoms with E-state index in [0.717, 1.165) is 17.1 Å². The molecule has 0 aliphatic rings. The molecule has 2 heterocycles. The van der Waals surface area contributed by atoms with Crippen molar-refractivity contribution in [3.05, 3.63) is 35.4 Å². The van der Waals surface area contributed by atoms with Crippen molar-refractivity contribution in [2.45, 2.75) is 20.4 Å². The lowest BCUT2D eigenvalue weighted by molar-refractivity contribution is 0.912. The Balaban J connectivity index is 2.17. The molecule has 2 aromatic rings. The molecule has 0 amide bonds. The normalized spacial score (nSPS) is 10.2. The topological polar surface area (TPSA) is 102 Å². The minimum Gasteiger partial charge on any atom is -0.364 e.